The number of hydrogen-bond acceptors (Lipinski definition) is 4. The first kappa shape index (κ1) is 13.4. The molecule has 0 radical (unpaired) electrons. The number of nitrogens with one attached hydrogen (secondary N) is 2. The Hall–Kier alpha value is -2.56. The Morgan fingerprint density at radius 1 is 1.52 bits per heavy atom. The fourth-order valence-electron chi connectivity index (χ4n) is 2.42. The van der Waals surface area contributed by atoms with E-state index in [4.69, 9.17) is 4.74 Å². The molecule has 2 N–H and O–H groups in total. The number of anilines is 1. The SMILES string of the molecule is COC(=O)c1cc2ccnc(NCC3C=CC=CC3)c2[nH]1. The van der Waals surface area contributed by atoms with Crippen LogP contribution in [0, 0.1) is 5.92 Å². The molecular formula is C16H17N3O2. The Morgan fingerprint density at radius 3 is 3.19 bits per heavy atom. The van der Waals surface area contributed by atoms with Crippen molar-refractivity contribution in [1.82, 2.24) is 9.97 Å². The molecule has 0 aromatic carbocycles. The van der Waals surface area contributed by atoms with E-state index in [2.05, 4.69) is 39.6 Å². The zero-order valence-corrected chi connectivity index (χ0v) is 11.8. The highest BCUT2D eigenvalue weighted by atomic mass is 16.5. The van der Waals surface area contributed by atoms with Crippen molar-refractivity contribution in [2.75, 3.05) is 19.0 Å². The van der Waals surface area contributed by atoms with Crippen LogP contribution < -0.4 is 5.32 Å². The molecule has 108 valence electrons. The topological polar surface area (TPSA) is 67.0 Å². The normalized spacial score (nSPS) is 17.1. The van der Waals surface area contributed by atoms with Crippen LogP contribution in [-0.2, 0) is 4.74 Å². The van der Waals surface area contributed by atoms with Gasteiger partial charge in [-0.15, -0.1) is 0 Å². The Labute approximate surface area is 122 Å². The second-order valence-corrected chi connectivity index (χ2v) is 4.99. The molecule has 0 saturated heterocycles. The zero-order chi connectivity index (χ0) is 14.7. The number of allylic oxidation sites excluding steroid dienone is 3. The molecule has 0 saturated carbocycles. The van der Waals surface area contributed by atoms with Crippen molar-refractivity contribution in [3.8, 4) is 0 Å². The van der Waals surface area contributed by atoms with E-state index in [1.165, 1.54) is 7.11 Å². The third-order valence-corrected chi connectivity index (χ3v) is 3.55. The average Bonchev–Trinajstić information content (AvgIpc) is 2.97. The summed E-state index contributed by atoms with van der Waals surface area (Å²) in [5, 5.41) is 4.29. The Kier molecular flexibility index (Phi) is 3.73. The van der Waals surface area contributed by atoms with Crippen molar-refractivity contribution < 1.29 is 9.53 Å². The summed E-state index contributed by atoms with van der Waals surface area (Å²) in [5.41, 5.74) is 1.26. The summed E-state index contributed by atoms with van der Waals surface area (Å²) in [6, 6.07) is 3.64. The second-order valence-electron chi connectivity index (χ2n) is 4.99. The number of H-pyrrole nitrogens is 1. The summed E-state index contributed by atoms with van der Waals surface area (Å²) in [6.45, 7) is 0.805. The quantitative estimate of drug-likeness (QED) is 0.847. The number of hydrogen-bond donors (Lipinski definition) is 2. The van der Waals surface area contributed by atoms with E-state index in [-0.39, 0.29) is 5.97 Å². The first-order chi connectivity index (χ1) is 10.3. The smallest absolute Gasteiger partial charge is 0.354 e. The number of ether oxygens (including phenoxy) is 1. The fraction of sp³-hybridized carbons (Fsp3) is 0.250. The predicted octanol–water partition coefficient (Wildman–Crippen LogP) is 2.89. The van der Waals surface area contributed by atoms with Gasteiger partial charge in [-0.25, -0.2) is 9.78 Å². The van der Waals surface area contributed by atoms with E-state index in [0.29, 0.717) is 11.6 Å². The lowest BCUT2D eigenvalue weighted by Crippen LogP contribution is -2.13. The molecule has 21 heavy (non-hydrogen) atoms. The van der Waals surface area contributed by atoms with Crippen LogP contribution in [0.25, 0.3) is 10.9 Å². The molecule has 5 nitrogen and oxygen atoms in total. The summed E-state index contributed by atoms with van der Waals surface area (Å²) in [5.74, 6) is 0.838. The lowest BCUT2D eigenvalue weighted by molar-refractivity contribution is 0.0595. The van der Waals surface area contributed by atoms with E-state index in [9.17, 15) is 4.79 Å². The highest BCUT2D eigenvalue weighted by Crippen LogP contribution is 2.22. The van der Waals surface area contributed by atoms with Gasteiger partial charge in [0, 0.05) is 18.1 Å². The lowest BCUT2D eigenvalue weighted by Gasteiger charge is -2.14. The first-order valence-corrected chi connectivity index (χ1v) is 6.91. The molecule has 1 unspecified atom stereocenters. The number of methoxy groups -OCH3 is 1. The molecule has 2 aromatic heterocycles. The van der Waals surface area contributed by atoms with Crippen molar-refractivity contribution in [2.45, 2.75) is 6.42 Å². The molecule has 5 heteroatoms. The molecule has 0 fully saturated rings. The van der Waals surface area contributed by atoms with Gasteiger partial charge >= 0.3 is 5.97 Å². The van der Waals surface area contributed by atoms with Crippen molar-refractivity contribution in [3.05, 3.63) is 48.3 Å². The van der Waals surface area contributed by atoms with Crippen LogP contribution >= 0.6 is 0 Å². The van der Waals surface area contributed by atoms with E-state index in [1.807, 2.05) is 6.07 Å². The molecule has 0 amide bonds. The lowest BCUT2D eigenvalue weighted by atomic mass is 10.0. The summed E-state index contributed by atoms with van der Waals surface area (Å²) < 4.78 is 4.73. The molecule has 3 rings (SSSR count). The van der Waals surface area contributed by atoms with Crippen LogP contribution in [-0.4, -0.2) is 29.6 Å². The Balaban J connectivity index is 1.81. The van der Waals surface area contributed by atoms with Crippen molar-refractivity contribution >= 4 is 22.7 Å². The molecule has 0 aliphatic heterocycles. The third-order valence-electron chi connectivity index (χ3n) is 3.55. The number of carbonyl (C=O) groups excluding carboxylic acids is 1. The van der Waals surface area contributed by atoms with Crippen molar-refractivity contribution in [3.63, 3.8) is 0 Å². The van der Waals surface area contributed by atoms with Crippen molar-refractivity contribution in [1.29, 1.82) is 0 Å². The molecule has 1 aliphatic rings. The van der Waals surface area contributed by atoms with Gasteiger partial charge in [0.05, 0.1) is 12.6 Å². The minimum absolute atomic E-state index is 0.377. The highest BCUT2D eigenvalue weighted by molar-refractivity contribution is 5.98. The minimum atomic E-state index is -0.377. The molecule has 2 heterocycles. The van der Waals surface area contributed by atoms with Crippen LogP contribution in [0.1, 0.15) is 16.9 Å². The van der Waals surface area contributed by atoms with Gasteiger partial charge in [-0.3, -0.25) is 0 Å². The van der Waals surface area contributed by atoms with E-state index < -0.39 is 0 Å². The van der Waals surface area contributed by atoms with Gasteiger partial charge in [0.2, 0.25) is 0 Å². The zero-order valence-electron chi connectivity index (χ0n) is 11.8. The second kappa shape index (κ2) is 5.83. The molecule has 1 atom stereocenters. The number of esters is 1. The number of nitrogens with zero attached hydrogens (tertiary/aromatic N) is 1. The number of aromatic nitrogens is 2. The summed E-state index contributed by atoms with van der Waals surface area (Å²) in [7, 11) is 1.37. The number of pyridine rings is 1. The maximum atomic E-state index is 11.6. The van der Waals surface area contributed by atoms with Crippen LogP contribution in [0.5, 0.6) is 0 Å². The number of aromatic amines is 1. The maximum absolute atomic E-state index is 11.6. The fourth-order valence-corrected chi connectivity index (χ4v) is 2.42. The standard InChI is InChI=1S/C16H17N3O2/c1-21-16(20)13-9-12-7-8-17-15(14(12)19-13)18-10-11-5-3-2-4-6-11/h2-5,7-9,11,19H,6,10H2,1H3,(H,17,18). The van der Waals surface area contributed by atoms with Gasteiger partial charge in [-0.2, -0.15) is 0 Å². The summed E-state index contributed by atoms with van der Waals surface area (Å²) >= 11 is 0. The molecular weight excluding hydrogens is 266 g/mol. The Morgan fingerprint density at radius 2 is 2.43 bits per heavy atom. The third kappa shape index (κ3) is 2.81. The van der Waals surface area contributed by atoms with Gasteiger partial charge < -0.3 is 15.0 Å². The summed E-state index contributed by atoms with van der Waals surface area (Å²) in [4.78, 5) is 19.0. The van der Waals surface area contributed by atoms with Crippen LogP contribution in [0.15, 0.2) is 42.6 Å². The monoisotopic (exact) mass is 283 g/mol. The molecule has 1 aliphatic carbocycles. The largest absolute Gasteiger partial charge is 0.464 e. The van der Waals surface area contributed by atoms with Gasteiger partial charge in [-0.05, 0) is 24.5 Å². The van der Waals surface area contributed by atoms with E-state index in [0.717, 1.165) is 29.7 Å². The van der Waals surface area contributed by atoms with E-state index >= 15 is 0 Å². The average molecular weight is 283 g/mol. The van der Waals surface area contributed by atoms with Gasteiger partial charge in [0.15, 0.2) is 0 Å². The van der Waals surface area contributed by atoms with Gasteiger partial charge in [0.1, 0.15) is 11.5 Å². The summed E-state index contributed by atoms with van der Waals surface area (Å²) in [6.07, 6.45) is 11.2. The predicted molar refractivity (Wildman–Crippen MR) is 82.3 cm³/mol. The molecule has 2 aromatic rings. The Bertz CT molecular complexity index is 715. The first-order valence-electron chi connectivity index (χ1n) is 6.91. The molecule has 0 bridgehead atoms. The van der Waals surface area contributed by atoms with Crippen LogP contribution in [0.3, 0.4) is 0 Å². The number of carbonyl (C=O) groups is 1. The molecule has 0 spiro atoms. The number of rotatable bonds is 4. The van der Waals surface area contributed by atoms with E-state index in [1.54, 1.807) is 12.3 Å². The minimum Gasteiger partial charge on any atom is -0.464 e. The van der Waals surface area contributed by atoms with Gasteiger partial charge in [0.25, 0.3) is 0 Å². The van der Waals surface area contributed by atoms with Crippen LogP contribution in [0.2, 0.25) is 0 Å². The van der Waals surface area contributed by atoms with Crippen molar-refractivity contribution in [2.24, 2.45) is 5.92 Å². The number of fused-ring (bicyclic) bond motifs is 1. The maximum Gasteiger partial charge on any atom is 0.354 e. The van der Waals surface area contributed by atoms with Crippen LogP contribution in [0.4, 0.5) is 5.82 Å². The van der Waals surface area contributed by atoms with Gasteiger partial charge in [-0.1, -0.05) is 24.3 Å². The highest BCUT2D eigenvalue weighted by Gasteiger charge is 2.13.